The molecule has 2 saturated carbocycles. The van der Waals surface area contributed by atoms with Gasteiger partial charge in [0, 0.05) is 42.1 Å². The summed E-state index contributed by atoms with van der Waals surface area (Å²) in [6, 6.07) is 0.334. The maximum Gasteiger partial charge on any atom is 0.317 e. The Balaban J connectivity index is 1.37. The fraction of sp³-hybridized carbons (Fsp3) is 0.765. The van der Waals surface area contributed by atoms with Crippen molar-refractivity contribution in [2.24, 2.45) is 11.3 Å². The van der Waals surface area contributed by atoms with E-state index in [9.17, 15) is 4.79 Å². The number of thiazole rings is 1. The molecule has 1 spiro atoms. The van der Waals surface area contributed by atoms with Crippen LogP contribution in [0.15, 0.2) is 6.20 Å². The molecule has 3 atom stereocenters. The van der Waals surface area contributed by atoms with Gasteiger partial charge in [-0.25, -0.2) is 9.78 Å². The molecular weight excluding hydrogens is 310 g/mol. The minimum Gasteiger partial charge on any atom is -0.377 e. The highest BCUT2D eigenvalue weighted by Crippen LogP contribution is 2.62. The molecule has 6 heteroatoms. The van der Waals surface area contributed by atoms with E-state index in [2.05, 4.69) is 17.2 Å². The van der Waals surface area contributed by atoms with Gasteiger partial charge < -0.3 is 15.0 Å². The highest BCUT2D eigenvalue weighted by Gasteiger charge is 2.67. The van der Waals surface area contributed by atoms with Gasteiger partial charge in [-0.3, -0.25) is 0 Å². The largest absolute Gasteiger partial charge is 0.377 e. The summed E-state index contributed by atoms with van der Waals surface area (Å²) in [4.78, 5) is 20.0. The lowest BCUT2D eigenvalue weighted by Gasteiger charge is -2.63. The van der Waals surface area contributed by atoms with Crippen molar-refractivity contribution >= 4 is 17.4 Å². The summed E-state index contributed by atoms with van der Waals surface area (Å²) in [5, 5.41) is 4.31. The monoisotopic (exact) mass is 335 g/mol. The molecule has 3 aliphatic rings. The van der Waals surface area contributed by atoms with E-state index in [1.54, 1.807) is 16.2 Å². The second-order valence-corrected chi connectivity index (χ2v) is 8.39. The van der Waals surface area contributed by atoms with Crippen LogP contribution in [0.3, 0.4) is 0 Å². The number of fused-ring (bicyclic) bond motifs is 2. The summed E-state index contributed by atoms with van der Waals surface area (Å²) in [6.45, 7) is 3.57. The van der Waals surface area contributed by atoms with E-state index < -0.39 is 0 Å². The molecule has 0 aromatic carbocycles. The Bertz CT molecular complexity index is 598. The van der Waals surface area contributed by atoms with Crippen LogP contribution >= 0.6 is 11.3 Å². The number of aryl methyl sites for hydroxylation is 1. The number of carbonyl (C=O) groups is 1. The molecule has 0 unspecified atom stereocenters. The van der Waals surface area contributed by atoms with Crippen LogP contribution in [-0.2, 0) is 17.7 Å². The maximum absolute atomic E-state index is 12.6. The van der Waals surface area contributed by atoms with Crippen molar-refractivity contribution < 1.29 is 9.53 Å². The van der Waals surface area contributed by atoms with E-state index in [-0.39, 0.29) is 11.4 Å². The molecule has 4 rings (SSSR count). The summed E-state index contributed by atoms with van der Waals surface area (Å²) in [5.74, 6) is 0.527. The first kappa shape index (κ1) is 15.4. The fourth-order valence-corrected chi connectivity index (χ4v) is 5.47. The smallest absolute Gasteiger partial charge is 0.317 e. The van der Waals surface area contributed by atoms with Crippen molar-refractivity contribution in [2.75, 3.05) is 13.7 Å². The Kier molecular flexibility index (Phi) is 3.84. The Morgan fingerprint density at radius 2 is 2.39 bits per heavy atom. The number of carbonyl (C=O) groups excluding carboxylic acids is 1. The van der Waals surface area contributed by atoms with Crippen LogP contribution in [0.4, 0.5) is 4.79 Å². The van der Waals surface area contributed by atoms with Gasteiger partial charge in [0.05, 0.1) is 12.6 Å². The number of hydrogen-bond donors (Lipinski definition) is 1. The molecule has 2 aliphatic carbocycles. The van der Waals surface area contributed by atoms with E-state index in [1.807, 2.05) is 13.2 Å². The fourth-order valence-electron chi connectivity index (χ4n) is 4.56. The van der Waals surface area contributed by atoms with Gasteiger partial charge in [-0.2, -0.15) is 0 Å². The van der Waals surface area contributed by atoms with Crippen LogP contribution in [0.5, 0.6) is 0 Å². The van der Waals surface area contributed by atoms with E-state index in [4.69, 9.17) is 4.74 Å². The molecule has 1 N–H and O–H groups in total. The minimum atomic E-state index is 0.0277. The Morgan fingerprint density at radius 1 is 1.57 bits per heavy atom. The molecule has 126 valence electrons. The van der Waals surface area contributed by atoms with E-state index in [0.717, 1.165) is 24.5 Å². The molecule has 1 saturated heterocycles. The molecule has 1 aromatic rings. The zero-order valence-corrected chi connectivity index (χ0v) is 14.7. The molecule has 0 radical (unpaired) electrons. The van der Waals surface area contributed by atoms with Crippen molar-refractivity contribution in [1.29, 1.82) is 0 Å². The number of aromatic nitrogens is 1. The van der Waals surface area contributed by atoms with E-state index in [0.29, 0.717) is 24.6 Å². The van der Waals surface area contributed by atoms with Gasteiger partial charge in [0.25, 0.3) is 0 Å². The normalized spacial score (nSPS) is 30.4. The minimum absolute atomic E-state index is 0.0277. The zero-order chi connectivity index (χ0) is 16.0. The van der Waals surface area contributed by atoms with Crippen molar-refractivity contribution in [3.8, 4) is 0 Å². The van der Waals surface area contributed by atoms with Gasteiger partial charge in [0.2, 0.25) is 0 Å². The lowest BCUT2D eigenvalue weighted by Crippen LogP contribution is -2.72. The van der Waals surface area contributed by atoms with Gasteiger partial charge in [0.15, 0.2) is 0 Å². The second kappa shape index (κ2) is 5.74. The molecule has 2 amide bonds. The van der Waals surface area contributed by atoms with E-state index >= 15 is 0 Å². The van der Waals surface area contributed by atoms with Gasteiger partial charge in [-0.15, -0.1) is 11.3 Å². The number of nitrogens with one attached hydrogen (secondary N) is 1. The van der Waals surface area contributed by atoms with Gasteiger partial charge in [-0.05, 0) is 25.7 Å². The predicted octanol–water partition coefficient (Wildman–Crippen LogP) is 2.80. The number of nitrogens with zero attached hydrogens (tertiary/aromatic N) is 2. The quantitative estimate of drug-likeness (QED) is 0.920. The highest BCUT2D eigenvalue weighted by atomic mass is 32.1. The zero-order valence-electron chi connectivity index (χ0n) is 13.9. The van der Waals surface area contributed by atoms with Crippen LogP contribution in [0, 0.1) is 11.3 Å². The van der Waals surface area contributed by atoms with Crippen molar-refractivity contribution in [1.82, 2.24) is 15.2 Å². The topological polar surface area (TPSA) is 54.5 Å². The van der Waals surface area contributed by atoms with Crippen LogP contribution in [0.1, 0.15) is 42.5 Å². The summed E-state index contributed by atoms with van der Waals surface area (Å²) in [6.07, 6.45) is 8.09. The highest BCUT2D eigenvalue weighted by molar-refractivity contribution is 7.11. The number of hydrogen-bond acceptors (Lipinski definition) is 4. The van der Waals surface area contributed by atoms with Crippen molar-refractivity contribution in [3.63, 3.8) is 0 Å². The third-order valence-corrected chi connectivity index (χ3v) is 7.11. The van der Waals surface area contributed by atoms with Crippen LogP contribution in [-0.4, -0.2) is 41.7 Å². The Hall–Kier alpha value is -1.14. The second-order valence-electron chi connectivity index (χ2n) is 7.19. The number of urea groups is 1. The molecular formula is C17H25N3O2S. The first-order chi connectivity index (χ1) is 11.1. The molecule has 0 bridgehead atoms. The predicted molar refractivity (Wildman–Crippen MR) is 89.4 cm³/mol. The van der Waals surface area contributed by atoms with Crippen LogP contribution in [0.2, 0.25) is 0 Å². The first-order valence-electron chi connectivity index (χ1n) is 8.71. The van der Waals surface area contributed by atoms with E-state index in [1.165, 1.54) is 24.1 Å². The Labute approximate surface area is 141 Å². The third-order valence-electron chi connectivity index (χ3n) is 5.98. The number of rotatable bonds is 4. The lowest BCUT2D eigenvalue weighted by molar-refractivity contribution is -0.172. The number of amides is 2. The van der Waals surface area contributed by atoms with Gasteiger partial charge >= 0.3 is 6.03 Å². The van der Waals surface area contributed by atoms with Crippen LogP contribution in [0.25, 0.3) is 0 Å². The molecule has 3 fully saturated rings. The maximum atomic E-state index is 12.6. The molecule has 1 aliphatic heterocycles. The first-order valence-corrected chi connectivity index (χ1v) is 9.52. The summed E-state index contributed by atoms with van der Waals surface area (Å²) >= 11 is 1.70. The van der Waals surface area contributed by atoms with Crippen molar-refractivity contribution in [3.05, 3.63) is 16.1 Å². The van der Waals surface area contributed by atoms with Gasteiger partial charge in [0.1, 0.15) is 5.01 Å². The Morgan fingerprint density at radius 3 is 3.04 bits per heavy atom. The number of ether oxygens (including phenoxy) is 1. The SMILES string of the molecule is CCc1cnc(CN(C)C(=O)N[C@@H]2[C@H]3CCO[C@@H]3C23CCC3)s1. The average Bonchev–Trinajstić information content (AvgIpc) is 3.10. The molecule has 5 nitrogen and oxygen atoms in total. The summed E-state index contributed by atoms with van der Waals surface area (Å²) < 4.78 is 5.92. The standard InChI is InChI=1S/C17H25N3O2S/c1-3-11-9-18-13(23-11)10-20(2)16(21)19-14-12-5-8-22-15(12)17(14)6-4-7-17/h9,12,14-15H,3-8,10H2,1-2H3,(H,19,21)/t12-,14-,15+/m1/s1. The van der Waals surface area contributed by atoms with Crippen molar-refractivity contribution in [2.45, 2.75) is 57.7 Å². The molecule has 2 heterocycles. The molecule has 23 heavy (non-hydrogen) atoms. The van der Waals surface area contributed by atoms with Gasteiger partial charge in [-0.1, -0.05) is 13.3 Å². The molecule has 1 aromatic heterocycles. The summed E-state index contributed by atoms with van der Waals surface area (Å²) in [7, 11) is 1.86. The lowest BCUT2D eigenvalue weighted by atomic mass is 9.46. The third kappa shape index (κ3) is 2.38. The van der Waals surface area contributed by atoms with Crippen LogP contribution < -0.4 is 5.32 Å². The summed E-state index contributed by atoms with van der Waals surface area (Å²) in [5.41, 5.74) is 0.244. The average molecular weight is 335 g/mol.